The Bertz CT molecular complexity index is 858. The molecule has 0 N–H and O–H groups in total. The van der Waals surface area contributed by atoms with Crippen LogP contribution in [-0.2, 0) is 9.53 Å². The fraction of sp³-hybridized carbons (Fsp3) is 0.250. The molecule has 3 rings (SSSR count). The summed E-state index contributed by atoms with van der Waals surface area (Å²) in [6.45, 7) is 2.42. The molecule has 0 bridgehead atoms. The van der Waals surface area contributed by atoms with Crippen molar-refractivity contribution in [3.63, 3.8) is 0 Å². The Morgan fingerprint density at radius 1 is 1.23 bits per heavy atom. The molecule has 1 atom stereocenters. The molecule has 2 aromatic carbocycles. The van der Waals surface area contributed by atoms with Gasteiger partial charge in [-0.1, -0.05) is 19.1 Å². The topological polar surface area (TPSA) is 70.4 Å². The van der Waals surface area contributed by atoms with Crippen LogP contribution in [0.15, 0.2) is 53.4 Å². The summed E-state index contributed by atoms with van der Waals surface area (Å²) in [5, 5.41) is 9.20. The SMILES string of the molecule is C[C@@H]1CCN(C(=O)COC(=O)c2ccc(C#N)cc2)c2ccccc2S1. The molecule has 0 spiro atoms. The zero-order valence-corrected chi connectivity index (χ0v) is 15.2. The molecule has 0 unspecified atom stereocenters. The molecule has 2 aromatic rings. The van der Waals surface area contributed by atoms with E-state index in [0.29, 0.717) is 22.9 Å². The number of nitriles is 1. The fourth-order valence-corrected chi connectivity index (χ4v) is 3.83. The van der Waals surface area contributed by atoms with E-state index < -0.39 is 5.97 Å². The Kier molecular flexibility index (Phi) is 5.59. The highest BCUT2D eigenvalue weighted by atomic mass is 32.2. The molecule has 5 nitrogen and oxygen atoms in total. The van der Waals surface area contributed by atoms with Gasteiger partial charge in [0.25, 0.3) is 5.91 Å². The monoisotopic (exact) mass is 366 g/mol. The number of esters is 1. The smallest absolute Gasteiger partial charge is 0.338 e. The Morgan fingerprint density at radius 3 is 2.69 bits per heavy atom. The van der Waals surface area contributed by atoms with Crippen LogP contribution in [0.4, 0.5) is 5.69 Å². The Hall–Kier alpha value is -2.78. The van der Waals surface area contributed by atoms with Gasteiger partial charge < -0.3 is 9.64 Å². The summed E-state index contributed by atoms with van der Waals surface area (Å²) in [6, 6.07) is 15.9. The van der Waals surface area contributed by atoms with Gasteiger partial charge in [0, 0.05) is 16.7 Å². The van der Waals surface area contributed by atoms with Gasteiger partial charge in [-0.15, -0.1) is 11.8 Å². The molecule has 0 aliphatic carbocycles. The van der Waals surface area contributed by atoms with Gasteiger partial charge in [0.1, 0.15) is 0 Å². The third-order valence-electron chi connectivity index (χ3n) is 4.12. The third-order valence-corrected chi connectivity index (χ3v) is 5.36. The van der Waals surface area contributed by atoms with Crippen LogP contribution in [0.3, 0.4) is 0 Å². The summed E-state index contributed by atoms with van der Waals surface area (Å²) < 4.78 is 5.18. The summed E-state index contributed by atoms with van der Waals surface area (Å²) in [5.41, 5.74) is 1.64. The number of rotatable bonds is 3. The van der Waals surface area contributed by atoms with Crippen molar-refractivity contribution in [1.82, 2.24) is 0 Å². The van der Waals surface area contributed by atoms with Crippen molar-refractivity contribution in [2.45, 2.75) is 23.5 Å². The molecular weight excluding hydrogens is 348 g/mol. The third kappa shape index (κ3) is 4.06. The van der Waals surface area contributed by atoms with E-state index in [1.807, 2.05) is 30.3 Å². The normalized spacial score (nSPS) is 16.2. The van der Waals surface area contributed by atoms with E-state index in [1.54, 1.807) is 28.8 Å². The van der Waals surface area contributed by atoms with Gasteiger partial charge in [0.15, 0.2) is 6.61 Å². The quantitative estimate of drug-likeness (QED) is 0.776. The first-order valence-electron chi connectivity index (χ1n) is 8.32. The molecular formula is C20H18N2O3S. The van der Waals surface area contributed by atoms with Crippen molar-refractivity contribution < 1.29 is 14.3 Å². The Balaban J connectivity index is 1.68. The van der Waals surface area contributed by atoms with Crippen LogP contribution in [0, 0.1) is 11.3 Å². The van der Waals surface area contributed by atoms with Gasteiger partial charge in [-0.3, -0.25) is 4.79 Å². The van der Waals surface area contributed by atoms with Gasteiger partial charge >= 0.3 is 5.97 Å². The van der Waals surface area contributed by atoms with Crippen molar-refractivity contribution in [2.75, 3.05) is 18.1 Å². The van der Waals surface area contributed by atoms with Gasteiger partial charge in [-0.25, -0.2) is 4.79 Å². The molecule has 0 saturated heterocycles. The van der Waals surface area contributed by atoms with Crippen LogP contribution in [0.1, 0.15) is 29.3 Å². The molecule has 0 fully saturated rings. The average molecular weight is 366 g/mol. The lowest BCUT2D eigenvalue weighted by Crippen LogP contribution is -2.35. The first-order chi connectivity index (χ1) is 12.6. The molecule has 0 aromatic heterocycles. The number of para-hydroxylation sites is 1. The zero-order chi connectivity index (χ0) is 18.5. The lowest BCUT2D eigenvalue weighted by Gasteiger charge is -2.22. The lowest BCUT2D eigenvalue weighted by atomic mass is 10.1. The minimum Gasteiger partial charge on any atom is -0.452 e. The van der Waals surface area contributed by atoms with Gasteiger partial charge in [0.2, 0.25) is 0 Å². The predicted octanol–water partition coefficient (Wildman–Crippen LogP) is 3.63. The summed E-state index contributed by atoms with van der Waals surface area (Å²) >= 11 is 1.75. The highest BCUT2D eigenvalue weighted by Gasteiger charge is 2.24. The summed E-state index contributed by atoms with van der Waals surface area (Å²) in [7, 11) is 0. The van der Waals surface area contributed by atoms with Crippen LogP contribution >= 0.6 is 11.8 Å². The number of amides is 1. The van der Waals surface area contributed by atoms with E-state index in [9.17, 15) is 9.59 Å². The van der Waals surface area contributed by atoms with Crippen molar-refractivity contribution in [3.05, 3.63) is 59.7 Å². The fourth-order valence-electron chi connectivity index (χ4n) is 2.72. The number of thioether (sulfide) groups is 1. The van der Waals surface area contributed by atoms with Crippen LogP contribution < -0.4 is 4.90 Å². The zero-order valence-electron chi connectivity index (χ0n) is 14.3. The molecule has 132 valence electrons. The highest BCUT2D eigenvalue weighted by molar-refractivity contribution is 8.00. The number of hydrogen-bond acceptors (Lipinski definition) is 5. The van der Waals surface area contributed by atoms with Crippen LogP contribution in [0.5, 0.6) is 0 Å². The molecule has 1 aliphatic heterocycles. The van der Waals surface area contributed by atoms with E-state index in [2.05, 4.69) is 6.92 Å². The number of nitrogens with zero attached hydrogens (tertiary/aromatic N) is 2. The second-order valence-corrected chi connectivity index (χ2v) is 7.48. The Labute approximate surface area is 156 Å². The van der Waals surface area contributed by atoms with E-state index in [4.69, 9.17) is 10.00 Å². The maximum absolute atomic E-state index is 12.7. The number of benzene rings is 2. The first-order valence-corrected chi connectivity index (χ1v) is 9.20. The summed E-state index contributed by atoms with van der Waals surface area (Å²) in [6.07, 6.45) is 0.870. The second-order valence-electron chi connectivity index (χ2n) is 6.00. The predicted molar refractivity (Wildman–Crippen MR) is 100 cm³/mol. The molecule has 6 heteroatoms. The van der Waals surface area contributed by atoms with Crippen molar-refractivity contribution in [2.24, 2.45) is 0 Å². The minimum absolute atomic E-state index is 0.242. The van der Waals surface area contributed by atoms with Gasteiger partial charge in [-0.2, -0.15) is 5.26 Å². The largest absolute Gasteiger partial charge is 0.452 e. The number of hydrogen-bond donors (Lipinski definition) is 0. The van der Waals surface area contributed by atoms with Crippen LogP contribution in [-0.4, -0.2) is 30.3 Å². The van der Waals surface area contributed by atoms with Crippen molar-refractivity contribution >= 4 is 29.3 Å². The van der Waals surface area contributed by atoms with E-state index in [-0.39, 0.29) is 12.5 Å². The van der Waals surface area contributed by atoms with E-state index in [0.717, 1.165) is 17.0 Å². The maximum atomic E-state index is 12.7. The van der Waals surface area contributed by atoms with E-state index in [1.165, 1.54) is 12.1 Å². The molecule has 0 saturated carbocycles. The van der Waals surface area contributed by atoms with E-state index >= 15 is 0 Å². The van der Waals surface area contributed by atoms with Crippen molar-refractivity contribution in [3.8, 4) is 6.07 Å². The number of carbonyl (C=O) groups is 2. The number of ether oxygens (including phenoxy) is 1. The molecule has 1 heterocycles. The molecule has 0 radical (unpaired) electrons. The maximum Gasteiger partial charge on any atom is 0.338 e. The standard InChI is InChI=1S/C20H18N2O3S/c1-14-10-11-22(17-4-2-3-5-18(17)26-14)19(23)13-25-20(24)16-8-6-15(12-21)7-9-16/h2-9,14H,10-11,13H2,1H3/t14-/m1/s1. The van der Waals surface area contributed by atoms with Crippen LogP contribution in [0.25, 0.3) is 0 Å². The second kappa shape index (κ2) is 8.07. The Morgan fingerprint density at radius 2 is 1.96 bits per heavy atom. The average Bonchev–Trinajstić information content (AvgIpc) is 2.84. The van der Waals surface area contributed by atoms with Crippen LogP contribution in [0.2, 0.25) is 0 Å². The summed E-state index contributed by atoms with van der Waals surface area (Å²) in [4.78, 5) is 27.5. The van der Waals surface area contributed by atoms with Crippen molar-refractivity contribution in [1.29, 1.82) is 5.26 Å². The summed E-state index contributed by atoms with van der Waals surface area (Å²) in [5.74, 6) is -0.817. The highest BCUT2D eigenvalue weighted by Crippen LogP contribution is 2.37. The number of anilines is 1. The number of fused-ring (bicyclic) bond motifs is 1. The molecule has 1 aliphatic rings. The lowest BCUT2D eigenvalue weighted by molar-refractivity contribution is -0.121. The first kappa shape index (κ1) is 18.0. The molecule has 1 amide bonds. The molecule has 26 heavy (non-hydrogen) atoms. The van der Waals surface area contributed by atoms with Gasteiger partial charge in [-0.05, 0) is 42.8 Å². The number of carbonyl (C=O) groups excluding carboxylic acids is 2. The van der Waals surface area contributed by atoms with Gasteiger partial charge in [0.05, 0.1) is 22.9 Å². The minimum atomic E-state index is -0.575.